The Morgan fingerprint density at radius 2 is 1.11 bits per heavy atom. The van der Waals surface area contributed by atoms with Gasteiger partial charge in [-0.2, -0.15) is 0 Å². The number of aliphatic hydroxyl groups is 2. The maximum Gasteiger partial charge on any atom is 0.209 e. The number of benzene rings is 2. The standard InChI is InChI=1S/C16H14Br4O6S/c17-9-1-3-11(13(19)15(9)25-7-5-21)27(23,24)12-4-2-10(18)16(14(12)20)26-8-6-22/h1-4,21-22H,5-8H2. The topological polar surface area (TPSA) is 93.1 Å². The molecule has 0 aliphatic rings. The van der Waals surface area contributed by atoms with Crippen LogP contribution in [0.15, 0.2) is 51.9 Å². The Morgan fingerprint density at radius 1 is 0.741 bits per heavy atom. The molecule has 0 unspecified atom stereocenters. The van der Waals surface area contributed by atoms with Gasteiger partial charge in [0.25, 0.3) is 0 Å². The molecule has 27 heavy (non-hydrogen) atoms. The summed E-state index contributed by atoms with van der Waals surface area (Å²) < 4.78 is 38.9. The summed E-state index contributed by atoms with van der Waals surface area (Å²) in [4.78, 5) is -0.00968. The molecule has 6 nitrogen and oxygen atoms in total. The number of rotatable bonds is 8. The summed E-state index contributed by atoms with van der Waals surface area (Å²) in [5.74, 6) is 0.547. The Kier molecular flexibility index (Phi) is 8.59. The third-order valence-corrected chi connectivity index (χ3v) is 8.47. The van der Waals surface area contributed by atoms with Gasteiger partial charge in [0.1, 0.15) is 24.7 Å². The third kappa shape index (κ3) is 5.06. The molecule has 11 heteroatoms. The fraction of sp³-hybridized carbons (Fsp3) is 0.250. The van der Waals surface area contributed by atoms with Gasteiger partial charge in [0.05, 0.1) is 40.9 Å². The molecule has 2 rings (SSSR count). The van der Waals surface area contributed by atoms with E-state index in [4.69, 9.17) is 19.7 Å². The van der Waals surface area contributed by atoms with Crippen molar-refractivity contribution in [2.24, 2.45) is 0 Å². The van der Waals surface area contributed by atoms with Crippen LogP contribution in [0.1, 0.15) is 0 Å². The summed E-state index contributed by atoms with van der Waals surface area (Å²) in [6, 6.07) is 6.00. The molecular formula is C16H14Br4O6S. The molecule has 0 heterocycles. The van der Waals surface area contributed by atoms with E-state index in [9.17, 15) is 8.42 Å². The Balaban J connectivity index is 2.60. The minimum atomic E-state index is -3.95. The van der Waals surface area contributed by atoms with Crippen LogP contribution in [0.5, 0.6) is 11.5 Å². The van der Waals surface area contributed by atoms with E-state index in [2.05, 4.69) is 63.7 Å². The van der Waals surface area contributed by atoms with Crippen molar-refractivity contribution in [1.82, 2.24) is 0 Å². The predicted molar refractivity (Wildman–Crippen MR) is 114 cm³/mol. The van der Waals surface area contributed by atoms with E-state index in [0.717, 1.165) is 0 Å². The number of hydrogen-bond donors (Lipinski definition) is 2. The van der Waals surface area contributed by atoms with Crippen LogP contribution in [0.25, 0.3) is 0 Å². The molecule has 0 aliphatic heterocycles. The zero-order chi connectivity index (χ0) is 20.2. The van der Waals surface area contributed by atoms with Crippen molar-refractivity contribution in [3.63, 3.8) is 0 Å². The van der Waals surface area contributed by atoms with Crippen molar-refractivity contribution >= 4 is 73.6 Å². The number of halogens is 4. The second kappa shape index (κ2) is 10.0. The molecule has 0 radical (unpaired) electrons. The zero-order valence-electron chi connectivity index (χ0n) is 13.6. The van der Waals surface area contributed by atoms with Crippen molar-refractivity contribution in [2.45, 2.75) is 9.79 Å². The second-order valence-corrected chi connectivity index (χ2v) is 10.2. The van der Waals surface area contributed by atoms with Crippen molar-refractivity contribution < 1.29 is 28.1 Å². The first-order chi connectivity index (χ1) is 12.8. The highest BCUT2D eigenvalue weighted by Crippen LogP contribution is 2.44. The van der Waals surface area contributed by atoms with Crippen molar-refractivity contribution in [3.05, 3.63) is 42.2 Å². The minimum absolute atomic E-state index is 0.00484. The predicted octanol–water partition coefficient (Wildman–Crippen LogP) is 4.31. The van der Waals surface area contributed by atoms with Crippen LogP contribution in [0.3, 0.4) is 0 Å². The molecule has 2 aromatic rings. The molecular weight excluding hydrogens is 640 g/mol. The molecule has 2 aromatic carbocycles. The van der Waals surface area contributed by atoms with E-state index >= 15 is 0 Å². The molecule has 0 fully saturated rings. The number of aliphatic hydroxyl groups excluding tert-OH is 2. The van der Waals surface area contributed by atoms with Crippen LogP contribution in [-0.2, 0) is 9.84 Å². The van der Waals surface area contributed by atoms with Gasteiger partial charge in [-0.15, -0.1) is 0 Å². The average molecular weight is 654 g/mol. The molecule has 0 saturated carbocycles. The smallest absolute Gasteiger partial charge is 0.209 e. The van der Waals surface area contributed by atoms with Crippen molar-refractivity contribution in [2.75, 3.05) is 26.4 Å². The maximum absolute atomic E-state index is 13.2. The molecule has 0 aromatic heterocycles. The van der Waals surface area contributed by atoms with E-state index < -0.39 is 9.84 Å². The normalized spacial score (nSPS) is 11.5. The van der Waals surface area contributed by atoms with Crippen LogP contribution >= 0.6 is 63.7 Å². The fourth-order valence-corrected chi connectivity index (χ4v) is 7.13. The highest BCUT2D eigenvalue weighted by Gasteiger charge is 2.28. The molecule has 0 bridgehead atoms. The van der Waals surface area contributed by atoms with Crippen molar-refractivity contribution in [3.8, 4) is 11.5 Å². The highest BCUT2D eigenvalue weighted by atomic mass is 79.9. The summed E-state index contributed by atoms with van der Waals surface area (Å²) in [6.45, 7) is -0.386. The largest absolute Gasteiger partial charge is 0.489 e. The van der Waals surface area contributed by atoms with Crippen LogP contribution < -0.4 is 9.47 Å². The first-order valence-electron chi connectivity index (χ1n) is 7.44. The van der Waals surface area contributed by atoms with Gasteiger partial charge >= 0.3 is 0 Å². The highest BCUT2D eigenvalue weighted by molar-refractivity contribution is 9.11. The Labute approximate surface area is 190 Å². The van der Waals surface area contributed by atoms with Crippen LogP contribution in [0.4, 0.5) is 0 Å². The summed E-state index contributed by atoms with van der Waals surface area (Å²) >= 11 is 13.2. The van der Waals surface area contributed by atoms with E-state index in [1.807, 2.05) is 0 Å². The van der Waals surface area contributed by atoms with E-state index in [1.165, 1.54) is 12.1 Å². The minimum Gasteiger partial charge on any atom is -0.489 e. The Morgan fingerprint density at radius 3 is 1.44 bits per heavy atom. The van der Waals surface area contributed by atoms with Gasteiger partial charge < -0.3 is 19.7 Å². The molecule has 0 spiro atoms. The first kappa shape index (κ1) is 23.1. The van der Waals surface area contributed by atoms with Gasteiger partial charge in [0.2, 0.25) is 9.84 Å². The lowest BCUT2D eigenvalue weighted by atomic mass is 10.3. The molecule has 0 aliphatic carbocycles. The summed E-state index contributed by atoms with van der Waals surface area (Å²) in [7, 11) is -3.95. The summed E-state index contributed by atoms with van der Waals surface area (Å²) in [6.07, 6.45) is 0. The third-order valence-electron chi connectivity index (χ3n) is 3.28. The van der Waals surface area contributed by atoms with Crippen molar-refractivity contribution in [1.29, 1.82) is 0 Å². The lowest BCUT2D eigenvalue weighted by Crippen LogP contribution is -2.09. The quantitative estimate of drug-likeness (QED) is 0.441. The lowest BCUT2D eigenvalue weighted by Gasteiger charge is -2.16. The van der Waals surface area contributed by atoms with E-state index in [1.54, 1.807) is 12.1 Å². The molecule has 0 saturated heterocycles. The Bertz CT molecular complexity index is 863. The lowest BCUT2D eigenvalue weighted by molar-refractivity contribution is 0.199. The van der Waals surface area contributed by atoms with Crippen LogP contribution in [0.2, 0.25) is 0 Å². The SMILES string of the molecule is O=S(=O)(c1ccc(Br)c(OCCO)c1Br)c1ccc(Br)c(OCCO)c1Br. The van der Waals surface area contributed by atoms with E-state index in [-0.39, 0.29) is 56.7 Å². The Hall–Kier alpha value is -0.170. The average Bonchev–Trinajstić information content (AvgIpc) is 2.61. The molecule has 2 N–H and O–H groups in total. The fourth-order valence-electron chi connectivity index (χ4n) is 2.12. The summed E-state index contributed by atoms with van der Waals surface area (Å²) in [5.41, 5.74) is 0. The van der Waals surface area contributed by atoms with Gasteiger partial charge in [-0.1, -0.05) is 0 Å². The monoisotopic (exact) mass is 650 g/mol. The van der Waals surface area contributed by atoms with Crippen LogP contribution in [-0.4, -0.2) is 45.1 Å². The maximum atomic E-state index is 13.2. The van der Waals surface area contributed by atoms with Crippen LogP contribution in [0, 0.1) is 0 Å². The summed E-state index contributed by atoms with van der Waals surface area (Å²) in [5, 5.41) is 17.9. The number of ether oxygens (including phenoxy) is 2. The molecule has 148 valence electrons. The molecule has 0 amide bonds. The number of sulfone groups is 1. The van der Waals surface area contributed by atoms with E-state index in [0.29, 0.717) is 8.95 Å². The van der Waals surface area contributed by atoms with Gasteiger partial charge in [0, 0.05) is 0 Å². The number of hydrogen-bond acceptors (Lipinski definition) is 6. The van der Waals surface area contributed by atoms with Gasteiger partial charge in [0.15, 0.2) is 0 Å². The van der Waals surface area contributed by atoms with Gasteiger partial charge in [-0.25, -0.2) is 8.42 Å². The van der Waals surface area contributed by atoms with Gasteiger partial charge in [-0.05, 0) is 88.0 Å². The second-order valence-electron chi connectivity index (χ2n) is 5.02. The molecule has 0 atom stereocenters. The zero-order valence-corrected chi connectivity index (χ0v) is 20.7. The van der Waals surface area contributed by atoms with Gasteiger partial charge in [-0.3, -0.25) is 0 Å². The first-order valence-corrected chi connectivity index (χ1v) is 12.1.